The number of hydrogen-bond acceptors (Lipinski definition) is 3. The largest absolute Gasteiger partial charge is 0.454 e. The Morgan fingerprint density at radius 1 is 1.15 bits per heavy atom. The van der Waals surface area contributed by atoms with Gasteiger partial charge in [-0.15, -0.1) is 0 Å². The van der Waals surface area contributed by atoms with E-state index in [4.69, 9.17) is 9.47 Å². The minimum atomic E-state index is 0.307. The third-order valence-corrected chi connectivity index (χ3v) is 5.10. The van der Waals surface area contributed by atoms with Gasteiger partial charge in [0.15, 0.2) is 17.5 Å². The molecule has 2 atom stereocenters. The summed E-state index contributed by atoms with van der Waals surface area (Å²) < 4.78 is 10.8. The predicted octanol–water partition coefficient (Wildman–Crippen LogP) is 3.23. The van der Waals surface area contributed by atoms with E-state index in [1.165, 1.54) is 17.5 Å². The van der Waals surface area contributed by atoms with Crippen molar-refractivity contribution < 1.29 is 9.47 Å². The second-order valence-corrected chi connectivity index (χ2v) is 6.98. The van der Waals surface area contributed by atoms with Crippen LogP contribution in [0, 0.1) is 5.92 Å². The van der Waals surface area contributed by atoms with Crippen LogP contribution in [0.5, 0.6) is 11.5 Å². The lowest BCUT2D eigenvalue weighted by molar-refractivity contribution is 0.174. The second-order valence-electron chi connectivity index (χ2n) is 6.98. The molecule has 0 spiro atoms. The average molecular weight is 351 g/mol. The fourth-order valence-corrected chi connectivity index (χ4v) is 3.58. The second kappa shape index (κ2) is 7.28. The van der Waals surface area contributed by atoms with Crippen molar-refractivity contribution in [3.05, 3.63) is 59.7 Å². The fourth-order valence-electron chi connectivity index (χ4n) is 3.58. The molecule has 0 saturated heterocycles. The zero-order valence-electron chi connectivity index (χ0n) is 15.3. The van der Waals surface area contributed by atoms with Crippen molar-refractivity contribution in [2.45, 2.75) is 18.9 Å². The minimum Gasteiger partial charge on any atom is -0.454 e. The van der Waals surface area contributed by atoms with E-state index < -0.39 is 0 Å². The molecule has 2 aliphatic rings. The Bertz CT molecular complexity index is 791. The van der Waals surface area contributed by atoms with Crippen LogP contribution in [0.1, 0.15) is 23.5 Å². The van der Waals surface area contributed by atoms with E-state index in [1.54, 1.807) is 0 Å². The number of aliphatic imine (C=N–C) groups is 1. The number of nitrogens with zero attached hydrogens (tertiary/aromatic N) is 2. The van der Waals surface area contributed by atoms with Gasteiger partial charge in [0.2, 0.25) is 6.79 Å². The van der Waals surface area contributed by atoms with Crippen LogP contribution in [0.25, 0.3) is 0 Å². The molecule has 0 radical (unpaired) electrons. The lowest BCUT2D eigenvalue weighted by Gasteiger charge is -2.22. The fraction of sp³-hybridized carbons (Fsp3) is 0.381. The van der Waals surface area contributed by atoms with Crippen LogP contribution in [0.2, 0.25) is 0 Å². The van der Waals surface area contributed by atoms with Crippen LogP contribution in [-0.2, 0) is 6.54 Å². The van der Waals surface area contributed by atoms with Gasteiger partial charge in [-0.25, -0.2) is 0 Å². The Labute approximate surface area is 154 Å². The summed E-state index contributed by atoms with van der Waals surface area (Å²) in [6.07, 6.45) is 1.25. The van der Waals surface area contributed by atoms with Gasteiger partial charge in [-0.1, -0.05) is 36.4 Å². The molecule has 0 amide bonds. The van der Waals surface area contributed by atoms with Crippen molar-refractivity contribution in [3.8, 4) is 11.5 Å². The van der Waals surface area contributed by atoms with E-state index in [9.17, 15) is 0 Å². The maximum absolute atomic E-state index is 5.46. The number of benzene rings is 2. The van der Waals surface area contributed by atoms with Gasteiger partial charge in [-0.3, -0.25) is 4.99 Å². The van der Waals surface area contributed by atoms with E-state index in [0.717, 1.165) is 30.5 Å². The first kappa shape index (κ1) is 16.8. The lowest BCUT2D eigenvalue weighted by atomic mass is 10.1. The van der Waals surface area contributed by atoms with Gasteiger partial charge < -0.3 is 19.7 Å². The van der Waals surface area contributed by atoms with Gasteiger partial charge >= 0.3 is 0 Å². The maximum Gasteiger partial charge on any atom is 0.231 e. The maximum atomic E-state index is 5.46. The van der Waals surface area contributed by atoms with Crippen molar-refractivity contribution in [2.75, 3.05) is 27.4 Å². The summed E-state index contributed by atoms with van der Waals surface area (Å²) in [5.41, 5.74) is 2.62. The number of hydrogen-bond donors (Lipinski definition) is 1. The summed E-state index contributed by atoms with van der Waals surface area (Å²) in [5.74, 6) is 3.93. The third-order valence-electron chi connectivity index (χ3n) is 5.10. The number of fused-ring (bicyclic) bond motifs is 1. The van der Waals surface area contributed by atoms with Crippen LogP contribution in [0.3, 0.4) is 0 Å². The molecule has 1 saturated carbocycles. The highest BCUT2D eigenvalue weighted by Crippen LogP contribution is 2.46. The third kappa shape index (κ3) is 3.62. The van der Waals surface area contributed by atoms with E-state index in [2.05, 4.69) is 58.7 Å². The van der Waals surface area contributed by atoms with Gasteiger partial charge in [-0.2, -0.15) is 0 Å². The van der Waals surface area contributed by atoms with Crippen LogP contribution in [0.15, 0.2) is 53.5 Å². The Hall–Kier alpha value is -2.69. The smallest absolute Gasteiger partial charge is 0.231 e. The van der Waals surface area contributed by atoms with E-state index in [1.807, 2.05) is 19.2 Å². The van der Waals surface area contributed by atoms with Gasteiger partial charge in [0.25, 0.3) is 0 Å². The number of guanidine groups is 1. The number of rotatable bonds is 5. The number of ether oxygens (including phenoxy) is 2. The zero-order chi connectivity index (χ0) is 17.9. The molecule has 2 aromatic rings. The molecular formula is C21H25N3O2. The molecule has 1 heterocycles. The summed E-state index contributed by atoms with van der Waals surface area (Å²) in [5, 5.41) is 3.52. The van der Waals surface area contributed by atoms with Crippen LogP contribution >= 0.6 is 0 Å². The van der Waals surface area contributed by atoms with Crippen molar-refractivity contribution in [3.63, 3.8) is 0 Å². The first-order valence-corrected chi connectivity index (χ1v) is 9.10. The molecule has 4 rings (SSSR count). The lowest BCUT2D eigenvalue weighted by Crippen LogP contribution is -2.39. The van der Waals surface area contributed by atoms with Gasteiger partial charge in [0.05, 0.1) is 0 Å². The van der Waals surface area contributed by atoms with E-state index >= 15 is 0 Å². The highest BCUT2D eigenvalue weighted by atomic mass is 16.7. The van der Waals surface area contributed by atoms with Crippen LogP contribution in [0.4, 0.5) is 0 Å². The Morgan fingerprint density at radius 3 is 2.77 bits per heavy atom. The number of nitrogens with one attached hydrogen (secondary N) is 1. The molecule has 0 aromatic heterocycles. The molecule has 5 nitrogen and oxygen atoms in total. The average Bonchev–Trinajstić information content (AvgIpc) is 3.29. The summed E-state index contributed by atoms with van der Waals surface area (Å²) >= 11 is 0. The quantitative estimate of drug-likeness (QED) is 0.664. The summed E-state index contributed by atoms with van der Waals surface area (Å²) in [7, 11) is 3.89. The normalized spacial score (nSPS) is 20.8. The standard InChI is InChI=1S/C21H25N3O2/c1-22-21(23-12-17-11-18(17)16-6-4-3-5-7-16)24(2)13-15-8-9-19-20(10-15)26-14-25-19/h3-10,17-18H,11-14H2,1-2H3,(H,22,23). The molecule has 2 aromatic carbocycles. The topological polar surface area (TPSA) is 46.1 Å². The highest BCUT2D eigenvalue weighted by molar-refractivity contribution is 5.79. The highest BCUT2D eigenvalue weighted by Gasteiger charge is 2.37. The zero-order valence-corrected chi connectivity index (χ0v) is 15.3. The van der Waals surface area contributed by atoms with E-state index in [-0.39, 0.29) is 0 Å². The molecule has 26 heavy (non-hydrogen) atoms. The minimum absolute atomic E-state index is 0.307. The molecule has 1 N–H and O–H groups in total. The van der Waals surface area contributed by atoms with Crippen LogP contribution < -0.4 is 14.8 Å². The van der Waals surface area contributed by atoms with Crippen LogP contribution in [-0.4, -0.2) is 38.3 Å². The van der Waals surface area contributed by atoms with Crippen molar-refractivity contribution >= 4 is 5.96 Å². The van der Waals surface area contributed by atoms with Crippen molar-refractivity contribution in [1.82, 2.24) is 10.2 Å². The Kier molecular flexibility index (Phi) is 4.69. The summed E-state index contributed by atoms with van der Waals surface area (Å²) in [6, 6.07) is 16.9. The Morgan fingerprint density at radius 2 is 1.96 bits per heavy atom. The molecule has 0 bridgehead atoms. The SMILES string of the molecule is CN=C(NCC1CC1c1ccccc1)N(C)Cc1ccc2c(c1)OCO2. The molecule has 2 unspecified atom stereocenters. The van der Waals surface area contributed by atoms with Gasteiger partial charge in [0.1, 0.15) is 0 Å². The molecule has 136 valence electrons. The summed E-state index contributed by atoms with van der Waals surface area (Å²) in [4.78, 5) is 6.57. The molecule has 1 aliphatic carbocycles. The molecule has 1 aliphatic heterocycles. The van der Waals surface area contributed by atoms with Crippen molar-refractivity contribution in [1.29, 1.82) is 0 Å². The van der Waals surface area contributed by atoms with Crippen molar-refractivity contribution in [2.24, 2.45) is 10.9 Å². The molecular weight excluding hydrogens is 326 g/mol. The molecule has 5 heteroatoms. The first-order valence-electron chi connectivity index (χ1n) is 9.10. The van der Waals surface area contributed by atoms with Gasteiger partial charge in [-0.05, 0) is 41.5 Å². The predicted molar refractivity (Wildman–Crippen MR) is 103 cm³/mol. The molecule has 1 fully saturated rings. The van der Waals surface area contributed by atoms with Gasteiger partial charge in [0, 0.05) is 27.2 Å². The van der Waals surface area contributed by atoms with E-state index in [0.29, 0.717) is 18.6 Å². The first-order chi connectivity index (χ1) is 12.7. The Balaban J connectivity index is 1.30. The summed E-state index contributed by atoms with van der Waals surface area (Å²) in [6.45, 7) is 2.03. The monoisotopic (exact) mass is 351 g/mol.